The molecule has 0 unspecified atom stereocenters. The number of hydrogen-bond donors (Lipinski definition) is 0. The van der Waals surface area contributed by atoms with Gasteiger partial charge in [-0.15, -0.1) is 0 Å². The third kappa shape index (κ3) is 4.00. The van der Waals surface area contributed by atoms with Crippen LogP contribution in [0, 0.1) is 5.41 Å². The zero-order chi connectivity index (χ0) is 14.0. The number of ketones is 1. The average molecular weight is 255 g/mol. The number of carbonyl (C=O) groups is 2. The summed E-state index contributed by atoms with van der Waals surface area (Å²) in [7, 11) is 1.75. The number of ether oxygens (including phenoxy) is 1. The molecule has 4 heteroatoms. The second-order valence-corrected chi connectivity index (χ2v) is 6.40. The van der Waals surface area contributed by atoms with Gasteiger partial charge in [-0.05, 0) is 39.0 Å². The summed E-state index contributed by atoms with van der Waals surface area (Å²) in [6.07, 6.45) is 2.93. The molecule has 0 saturated heterocycles. The number of carbonyl (C=O) groups excluding carboxylic acids is 2. The zero-order valence-electron chi connectivity index (χ0n) is 12.2. The van der Waals surface area contributed by atoms with E-state index in [-0.39, 0.29) is 11.5 Å². The Morgan fingerprint density at radius 1 is 1.39 bits per heavy atom. The molecule has 1 saturated carbocycles. The van der Waals surface area contributed by atoms with E-state index in [4.69, 9.17) is 4.74 Å². The van der Waals surface area contributed by atoms with Crippen LogP contribution < -0.4 is 0 Å². The van der Waals surface area contributed by atoms with Crippen LogP contribution in [-0.4, -0.2) is 36.0 Å². The smallest absolute Gasteiger partial charge is 0.410 e. The molecule has 1 amide bonds. The van der Waals surface area contributed by atoms with Gasteiger partial charge in [0.1, 0.15) is 11.4 Å². The Morgan fingerprint density at radius 2 is 1.94 bits per heavy atom. The van der Waals surface area contributed by atoms with E-state index in [0.717, 1.165) is 12.8 Å². The molecule has 1 rings (SSSR count). The first-order valence-electron chi connectivity index (χ1n) is 6.63. The standard InChI is InChI=1S/C14H25NO3/c1-6-14(9-11(16)10-14)7-8-15(5)12(17)18-13(2,3)4/h6-10H2,1-5H3. The zero-order valence-corrected chi connectivity index (χ0v) is 12.2. The SMILES string of the molecule is CCC1(CCN(C)C(=O)OC(C)(C)C)CC(=O)C1. The van der Waals surface area contributed by atoms with Crippen molar-refractivity contribution in [1.82, 2.24) is 4.90 Å². The fourth-order valence-electron chi connectivity index (χ4n) is 2.22. The largest absolute Gasteiger partial charge is 0.444 e. The summed E-state index contributed by atoms with van der Waals surface area (Å²) >= 11 is 0. The van der Waals surface area contributed by atoms with Crippen molar-refractivity contribution in [3.8, 4) is 0 Å². The molecule has 0 aromatic carbocycles. The van der Waals surface area contributed by atoms with E-state index in [9.17, 15) is 9.59 Å². The molecule has 1 aliphatic carbocycles. The van der Waals surface area contributed by atoms with Crippen molar-refractivity contribution in [3.05, 3.63) is 0 Å². The van der Waals surface area contributed by atoms with Gasteiger partial charge in [0.2, 0.25) is 0 Å². The van der Waals surface area contributed by atoms with Gasteiger partial charge >= 0.3 is 6.09 Å². The average Bonchev–Trinajstić information content (AvgIpc) is 2.19. The molecule has 18 heavy (non-hydrogen) atoms. The van der Waals surface area contributed by atoms with E-state index in [1.165, 1.54) is 0 Å². The van der Waals surface area contributed by atoms with Gasteiger partial charge in [0.15, 0.2) is 0 Å². The van der Waals surface area contributed by atoms with Crippen molar-refractivity contribution in [2.24, 2.45) is 5.41 Å². The summed E-state index contributed by atoms with van der Waals surface area (Å²) < 4.78 is 5.29. The second-order valence-electron chi connectivity index (χ2n) is 6.40. The van der Waals surface area contributed by atoms with E-state index < -0.39 is 5.60 Å². The van der Waals surface area contributed by atoms with E-state index in [2.05, 4.69) is 6.92 Å². The van der Waals surface area contributed by atoms with Crippen molar-refractivity contribution >= 4 is 11.9 Å². The van der Waals surface area contributed by atoms with Crippen LogP contribution in [0.4, 0.5) is 4.79 Å². The molecule has 4 nitrogen and oxygen atoms in total. The van der Waals surface area contributed by atoms with Crippen LogP contribution in [0.15, 0.2) is 0 Å². The van der Waals surface area contributed by atoms with Gasteiger partial charge in [-0.25, -0.2) is 4.79 Å². The van der Waals surface area contributed by atoms with E-state index in [1.807, 2.05) is 20.8 Å². The number of rotatable bonds is 4. The molecular formula is C14H25NO3. The Balaban J connectivity index is 2.39. The highest BCUT2D eigenvalue weighted by atomic mass is 16.6. The van der Waals surface area contributed by atoms with E-state index in [0.29, 0.717) is 25.2 Å². The normalized spacial score (nSPS) is 18.2. The first-order chi connectivity index (χ1) is 8.17. The van der Waals surface area contributed by atoms with Crippen LogP contribution in [-0.2, 0) is 9.53 Å². The molecule has 0 N–H and O–H groups in total. The Bertz CT molecular complexity index is 322. The lowest BCUT2D eigenvalue weighted by molar-refractivity contribution is -0.133. The first-order valence-corrected chi connectivity index (χ1v) is 6.63. The lowest BCUT2D eigenvalue weighted by Crippen LogP contribution is -2.41. The maximum Gasteiger partial charge on any atom is 0.410 e. The minimum Gasteiger partial charge on any atom is -0.444 e. The van der Waals surface area contributed by atoms with E-state index >= 15 is 0 Å². The highest BCUT2D eigenvalue weighted by Gasteiger charge is 2.41. The van der Waals surface area contributed by atoms with Crippen LogP contribution in [0.3, 0.4) is 0 Å². The third-order valence-corrected chi connectivity index (χ3v) is 3.58. The topological polar surface area (TPSA) is 46.6 Å². The number of hydrogen-bond acceptors (Lipinski definition) is 3. The molecular weight excluding hydrogens is 230 g/mol. The Kier molecular flexibility index (Phi) is 4.41. The predicted molar refractivity (Wildman–Crippen MR) is 70.4 cm³/mol. The molecule has 0 aromatic rings. The molecule has 0 aromatic heterocycles. The van der Waals surface area contributed by atoms with Crippen LogP contribution in [0.25, 0.3) is 0 Å². The molecule has 0 aliphatic heterocycles. The molecule has 0 heterocycles. The lowest BCUT2D eigenvalue weighted by atomic mass is 9.64. The Hall–Kier alpha value is -1.06. The van der Waals surface area contributed by atoms with Gasteiger partial charge in [0, 0.05) is 26.4 Å². The van der Waals surface area contributed by atoms with Gasteiger partial charge < -0.3 is 9.64 Å². The highest BCUT2D eigenvalue weighted by Crippen LogP contribution is 2.44. The van der Waals surface area contributed by atoms with Gasteiger partial charge in [-0.2, -0.15) is 0 Å². The van der Waals surface area contributed by atoms with Crippen molar-refractivity contribution in [2.45, 2.75) is 59.0 Å². The monoisotopic (exact) mass is 255 g/mol. The second kappa shape index (κ2) is 5.29. The molecule has 0 atom stereocenters. The van der Waals surface area contributed by atoms with Crippen LogP contribution in [0.5, 0.6) is 0 Å². The summed E-state index contributed by atoms with van der Waals surface area (Å²) in [4.78, 5) is 24.5. The fraction of sp³-hybridized carbons (Fsp3) is 0.857. The molecule has 0 bridgehead atoms. The predicted octanol–water partition coefficient (Wildman–Crippen LogP) is 3.00. The first kappa shape index (κ1) is 15.0. The third-order valence-electron chi connectivity index (χ3n) is 3.58. The summed E-state index contributed by atoms with van der Waals surface area (Å²) in [5.74, 6) is 0.344. The lowest BCUT2D eigenvalue weighted by Gasteiger charge is -2.40. The summed E-state index contributed by atoms with van der Waals surface area (Å²) in [6, 6.07) is 0. The Labute approximate surface area is 110 Å². The molecule has 104 valence electrons. The number of nitrogens with zero attached hydrogens (tertiary/aromatic N) is 1. The van der Waals surface area contributed by atoms with Gasteiger partial charge in [0.05, 0.1) is 0 Å². The number of amides is 1. The Morgan fingerprint density at radius 3 is 2.33 bits per heavy atom. The maximum atomic E-state index is 11.8. The van der Waals surface area contributed by atoms with Crippen molar-refractivity contribution in [1.29, 1.82) is 0 Å². The summed E-state index contributed by atoms with van der Waals surface area (Å²) in [5, 5.41) is 0. The van der Waals surface area contributed by atoms with Crippen LogP contribution in [0.1, 0.15) is 53.4 Å². The van der Waals surface area contributed by atoms with Crippen molar-refractivity contribution in [3.63, 3.8) is 0 Å². The number of Topliss-reactive ketones (excluding diaryl/α,β-unsaturated/α-hetero) is 1. The van der Waals surface area contributed by atoms with Crippen molar-refractivity contribution < 1.29 is 14.3 Å². The summed E-state index contributed by atoms with van der Waals surface area (Å²) in [5.41, 5.74) is -0.326. The van der Waals surface area contributed by atoms with Gasteiger partial charge in [0.25, 0.3) is 0 Å². The van der Waals surface area contributed by atoms with E-state index in [1.54, 1.807) is 11.9 Å². The van der Waals surface area contributed by atoms with Crippen molar-refractivity contribution in [2.75, 3.05) is 13.6 Å². The maximum absolute atomic E-state index is 11.8. The van der Waals surface area contributed by atoms with Crippen LogP contribution in [0.2, 0.25) is 0 Å². The molecule has 1 aliphatic rings. The fourth-order valence-corrected chi connectivity index (χ4v) is 2.22. The molecule has 1 fully saturated rings. The highest BCUT2D eigenvalue weighted by molar-refractivity contribution is 5.86. The van der Waals surface area contributed by atoms with Gasteiger partial charge in [-0.3, -0.25) is 4.79 Å². The molecule has 0 spiro atoms. The van der Waals surface area contributed by atoms with Gasteiger partial charge in [-0.1, -0.05) is 6.92 Å². The quantitative estimate of drug-likeness (QED) is 0.775. The minimum absolute atomic E-state index is 0.132. The molecule has 0 radical (unpaired) electrons. The van der Waals surface area contributed by atoms with Crippen LogP contribution >= 0.6 is 0 Å². The minimum atomic E-state index is -0.458. The summed E-state index contributed by atoms with van der Waals surface area (Å²) in [6.45, 7) is 8.33.